The second-order valence-corrected chi connectivity index (χ2v) is 6.84. The van der Waals surface area contributed by atoms with E-state index in [0.29, 0.717) is 6.54 Å². The number of halogens is 1. The third-order valence-electron chi connectivity index (χ3n) is 4.22. The van der Waals surface area contributed by atoms with E-state index in [0.717, 1.165) is 34.4 Å². The molecule has 0 saturated heterocycles. The van der Waals surface area contributed by atoms with Gasteiger partial charge in [0, 0.05) is 11.4 Å². The maximum absolute atomic E-state index is 13.4. The molecule has 2 heterocycles. The Morgan fingerprint density at radius 3 is 2.96 bits per heavy atom. The van der Waals surface area contributed by atoms with Crippen molar-refractivity contribution in [3.63, 3.8) is 0 Å². The maximum atomic E-state index is 13.4. The summed E-state index contributed by atoms with van der Waals surface area (Å²) >= 11 is 1.76. The average molecular weight is 329 g/mol. The lowest BCUT2D eigenvalue weighted by molar-refractivity contribution is 0.432. The average Bonchev–Trinajstić information content (AvgIpc) is 2.95. The van der Waals surface area contributed by atoms with E-state index < -0.39 is 5.82 Å². The number of benzene rings is 1. The molecule has 2 N–H and O–H groups in total. The van der Waals surface area contributed by atoms with Gasteiger partial charge >= 0.3 is 0 Å². The normalized spacial score (nSPS) is 14.0. The van der Waals surface area contributed by atoms with E-state index in [1.807, 2.05) is 0 Å². The summed E-state index contributed by atoms with van der Waals surface area (Å²) < 4.78 is 13.4. The second-order valence-electron chi connectivity index (χ2n) is 5.75. The van der Waals surface area contributed by atoms with Crippen LogP contribution in [0.4, 0.5) is 10.2 Å². The molecule has 0 fully saturated rings. The van der Waals surface area contributed by atoms with Gasteiger partial charge in [-0.15, -0.1) is 11.3 Å². The van der Waals surface area contributed by atoms with Crippen molar-refractivity contribution in [3.8, 4) is 5.75 Å². The van der Waals surface area contributed by atoms with Crippen molar-refractivity contribution < 1.29 is 9.50 Å². The number of rotatable bonds is 3. The van der Waals surface area contributed by atoms with Crippen molar-refractivity contribution in [2.24, 2.45) is 0 Å². The van der Waals surface area contributed by atoms with E-state index in [9.17, 15) is 9.50 Å². The molecule has 0 atom stereocenters. The van der Waals surface area contributed by atoms with Gasteiger partial charge in [-0.05, 0) is 48.9 Å². The number of nitrogens with one attached hydrogen (secondary N) is 1. The molecule has 2 aromatic heterocycles. The fraction of sp³-hybridized carbons (Fsp3) is 0.294. The third kappa shape index (κ3) is 2.63. The van der Waals surface area contributed by atoms with E-state index in [2.05, 4.69) is 15.3 Å². The number of aromatic nitrogens is 2. The van der Waals surface area contributed by atoms with Crippen LogP contribution < -0.4 is 5.32 Å². The smallest absolute Gasteiger partial charge is 0.165 e. The minimum atomic E-state index is -0.606. The molecule has 0 aliphatic heterocycles. The number of phenolic OH excluding ortho intramolecular Hbond substituents is 1. The molecule has 0 spiro atoms. The van der Waals surface area contributed by atoms with Gasteiger partial charge in [-0.2, -0.15) is 0 Å². The van der Waals surface area contributed by atoms with Crippen molar-refractivity contribution in [1.82, 2.24) is 9.97 Å². The summed E-state index contributed by atoms with van der Waals surface area (Å²) in [6, 6.07) is 4.41. The summed E-state index contributed by atoms with van der Waals surface area (Å²) in [7, 11) is 0. The molecule has 1 aliphatic carbocycles. The number of fused-ring (bicyclic) bond motifs is 3. The molecule has 4 rings (SSSR count). The van der Waals surface area contributed by atoms with Gasteiger partial charge in [0.25, 0.3) is 0 Å². The fourth-order valence-electron chi connectivity index (χ4n) is 3.07. The number of anilines is 1. The minimum Gasteiger partial charge on any atom is -0.505 e. The summed E-state index contributed by atoms with van der Waals surface area (Å²) in [5.74, 6) is -0.127. The summed E-state index contributed by atoms with van der Waals surface area (Å²) in [5.41, 5.74) is 2.13. The highest BCUT2D eigenvalue weighted by Crippen LogP contribution is 2.38. The second kappa shape index (κ2) is 5.77. The molecule has 23 heavy (non-hydrogen) atoms. The van der Waals surface area contributed by atoms with Crippen LogP contribution in [0.3, 0.4) is 0 Å². The number of hydrogen-bond donors (Lipinski definition) is 2. The first kappa shape index (κ1) is 14.4. The number of aromatic hydroxyl groups is 1. The molecule has 1 aliphatic rings. The number of aryl methyl sites for hydroxylation is 2. The Labute approximate surface area is 137 Å². The van der Waals surface area contributed by atoms with E-state index in [1.54, 1.807) is 23.7 Å². The van der Waals surface area contributed by atoms with E-state index in [-0.39, 0.29) is 5.75 Å². The van der Waals surface area contributed by atoms with Gasteiger partial charge in [-0.3, -0.25) is 0 Å². The van der Waals surface area contributed by atoms with Crippen LogP contribution in [0.15, 0.2) is 24.5 Å². The molecule has 0 bridgehead atoms. The maximum Gasteiger partial charge on any atom is 0.165 e. The largest absolute Gasteiger partial charge is 0.505 e. The summed E-state index contributed by atoms with van der Waals surface area (Å²) in [5, 5.41) is 13.7. The SMILES string of the molecule is Oc1ccc(CNc2ncnc3sc4c(c23)CCCC4)cc1F. The first-order valence-corrected chi connectivity index (χ1v) is 8.50. The van der Waals surface area contributed by atoms with E-state index >= 15 is 0 Å². The van der Waals surface area contributed by atoms with Crippen LogP contribution in [-0.4, -0.2) is 15.1 Å². The third-order valence-corrected chi connectivity index (χ3v) is 5.42. The van der Waals surface area contributed by atoms with Crippen LogP contribution in [0.1, 0.15) is 28.8 Å². The zero-order valence-electron chi connectivity index (χ0n) is 12.5. The fourth-order valence-corrected chi connectivity index (χ4v) is 4.30. The van der Waals surface area contributed by atoms with Crippen LogP contribution >= 0.6 is 11.3 Å². The van der Waals surface area contributed by atoms with Gasteiger partial charge in [0.1, 0.15) is 17.0 Å². The van der Waals surface area contributed by atoms with Gasteiger partial charge < -0.3 is 10.4 Å². The van der Waals surface area contributed by atoms with Crippen molar-refractivity contribution >= 4 is 27.4 Å². The lowest BCUT2D eigenvalue weighted by atomic mass is 9.97. The highest BCUT2D eigenvalue weighted by Gasteiger charge is 2.19. The monoisotopic (exact) mass is 329 g/mol. The number of phenols is 1. The first-order chi connectivity index (χ1) is 11.2. The highest BCUT2D eigenvalue weighted by atomic mass is 32.1. The number of thiophene rings is 1. The summed E-state index contributed by atoms with van der Waals surface area (Å²) in [6.07, 6.45) is 6.22. The first-order valence-electron chi connectivity index (χ1n) is 7.69. The van der Waals surface area contributed by atoms with Crippen LogP contribution in [0.25, 0.3) is 10.2 Å². The van der Waals surface area contributed by atoms with Gasteiger partial charge in [-0.1, -0.05) is 6.07 Å². The molecule has 1 aromatic carbocycles. The Morgan fingerprint density at radius 1 is 1.22 bits per heavy atom. The van der Waals surface area contributed by atoms with Crippen molar-refractivity contribution in [3.05, 3.63) is 46.3 Å². The van der Waals surface area contributed by atoms with Crippen molar-refractivity contribution in [2.45, 2.75) is 32.2 Å². The van der Waals surface area contributed by atoms with E-state index in [1.165, 1.54) is 35.4 Å². The van der Waals surface area contributed by atoms with Crippen LogP contribution in [0, 0.1) is 5.82 Å². The van der Waals surface area contributed by atoms with Gasteiger partial charge in [0.15, 0.2) is 11.6 Å². The Kier molecular flexibility index (Phi) is 3.61. The molecule has 4 nitrogen and oxygen atoms in total. The van der Waals surface area contributed by atoms with Gasteiger partial charge in [0.2, 0.25) is 0 Å². The number of nitrogens with zero attached hydrogens (tertiary/aromatic N) is 2. The molecule has 6 heteroatoms. The van der Waals surface area contributed by atoms with Crippen molar-refractivity contribution in [1.29, 1.82) is 0 Å². The lowest BCUT2D eigenvalue weighted by Gasteiger charge is -2.12. The molecule has 0 radical (unpaired) electrons. The molecule has 0 unspecified atom stereocenters. The zero-order chi connectivity index (χ0) is 15.8. The Hall–Kier alpha value is -2.21. The predicted octanol–water partition coefficient (Wildman–Crippen LogP) is 4.03. The van der Waals surface area contributed by atoms with Crippen LogP contribution in [0.2, 0.25) is 0 Å². The lowest BCUT2D eigenvalue weighted by Crippen LogP contribution is -2.04. The quantitative estimate of drug-likeness (QED) is 0.762. The molecular weight excluding hydrogens is 313 g/mol. The zero-order valence-corrected chi connectivity index (χ0v) is 13.3. The minimum absolute atomic E-state index is 0.329. The molecule has 118 valence electrons. The Bertz CT molecular complexity index is 878. The highest BCUT2D eigenvalue weighted by molar-refractivity contribution is 7.19. The molecule has 0 saturated carbocycles. The summed E-state index contributed by atoms with van der Waals surface area (Å²) in [4.78, 5) is 11.2. The Morgan fingerprint density at radius 2 is 2.09 bits per heavy atom. The van der Waals surface area contributed by atoms with Crippen LogP contribution in [0.5, 0.6) is 5.75 Å². The van der Waals surface area contributed by atoms with Crippen molar-refractivity contribution in [2.75, 3.05) is 5.32 Å². The molecule has 3 aromatic rings. The predicted molar refractivity (Wildman–Crippen MR) is 89.4 cm³/mol. The van der Waals surface area contributed by atoms with E-state index in [4.69, 9.17) is 0 Å². The van der Waals surface area contributed by atoms with Gasteiger partial charge in [-0.25, -0.2) is 14.4 Å². The topological polar surface area (TPSA) is 58.0 Å². The number of hydrogen-bond acceptors (Lipinski definition) is 5. The Balaban J connectivity index is 1.66. The van der Waals surface area contributed by atoms with Gasteiger partial charge in [0.05, 0.1) is 5.39 Å². The summed E-state index contributed by atoms with van der Waals surface area (Å²) in [6.45, 7) is 0.452. The molecular formula is C17H16FN3OS. The molecule has 0 amide bonds. The standard InChI is InChI=1S/C17H16FN3OS/c18-12-7-10(5-6-13(12)22)8-19-16-15-11-3-1-2-4-14(11)23-17(15)21-9-20-16/h5-7,9,22H,1-4,8H2,(H,19,20,21). The van der Waals surface area contributed by atoms with Crippen LogP contribution in [-0.2, 0) is 19.4 Å².